The average molecular weight is 381 g/mol. The Bertz CT molecular complexity index is 598. The fourth-order valence-electron chi connectivity index (χ4n) is 2.84. The number of anilines is 1. The van der Waals surface area contributed by atoms with Gasteiger partial charge in [0, 0.05) is 12.2 Å². The third-order valence-electron chi connectivity index (χ3n) is 4.52. The molecule has 1 fully saturated rings. The fraction of sp³-hybridized carbons (Fsp3) is 0.579. The van der Waals surface area contributed by atoms with Gasteiger partial charge in [-0.1, -0.05) is 26.0 Å². The number of rotatable bonds is 7. The van der Waals surface area contributed by atoms with Gasteiger partial charge in [0.15, 0.2) is 0 Å². The van der Waals surface area contributed by atoms with Gasteiger partial charge >= 0.3 is 11.8 Å². The van der Waals surface area contributed by atoms with E-state index in [1.807, 2.05) is 23.9 Å². The van der Waals surface area contributed by atoms with Gasteiger partial charge in [-0.25, -0.2) is 0 Å². The van der Waals surface area contributed by atoms with Gasteiger partial charge in [-0.05, 0) is 48.0 Å². The highest BCUT2D eigenvalue weighted by atomic mass is 32.2. The second kappa shape index (κ2) is 9.94. The van der Waals surface area contributed by atoms with Gasteiger partial charge in [-0.15, -0.1) is 0 Å². The van der Waals surface area contributed by atoms with Crippen molar-refractivity contribution in [3.05, 3.63) is 29.8 Å². The van der Waals surface area contributed by atoms with Crippen molar-refractivity contribution in [3.8, 4) is 0 Å². The molecule has 0 atom stereocenters. The maximum absolute atomic E-state index is 12.1. The van der Waals surface area contributed by atoms with Crippen molar-refractivity contribution < 1.29 is 19.4 Å². The van der Waals surface area contributed by atoms with Gasteiger partial charge in [-0.2, -0.15) is 11.8 Å². The van der Waals surface area contributed by atoms with Crippen molar-refractivity contribution in [1.29, 1.82) is 0 Å². The van der Waals surface area contributed by atoms with Gasteiger partial charge in [0.2, 0.25) is 0 Å². The zero-order valence-corrected chi connectivity index (χ0v) is 16.2. The molecule has 2 amide bonds. The Balaban J connectivity index is 1.88. The van der Waals surface area contributed by atoms with Gasteiger partial charge < -0.3 is 20.5 Å². The summed E-state index contributed by atoms with van der Waals surface area (Å²) in [5.74, 6) is 0.922. The highest BCUT2D eigenvalue weighted by Gasteiger charge is 2.34. The monoisotopic (exact) mass is 380 g/mol. The lowest BCUT2D eigenvalue weighted by Gasteiger charge is -2.36. The molecule has 1 aliphatic heterocycles. The number of benzene rings is 1. The van der Waals surface area contributed by atoms with Crippen molar-refractivity contribution in [2.75, 3.05) is 36.6 Å². The Morgan fingerprint density at radius 2 is 1.85 bits per heavy atom. The molecular weight excluding hydrogens is 352 g/mol. The highest BCUT2D eigenvalue weighted by molar-refractivity contribution is 7.99. The average Bonchev–Trinajstić information content (AvgIpc) is 2.65. The quantitative estimate of drug-likeness (QED) is 0.631. The predicted octanol–water partition coefficient (Wildman–Crippen LogP) is 2.14. The van der Waals surface area contributed by atoms with E-state index >= 15 is 0 Å². The number of nitrogens with one attached hydrogen (secondary N) is 2. The fourth-order valence-corrected chi connectivity index (χ4v) is 4.08. The number of aliphatic hydroxyl groups is 1. The van der Waals surface area contributed by atoms with Crippen LogP contribution in [0.1, 0.15) is 38.2 Å². The van der Waals surface area contributed by atoms with Crippen LogP contribution < -0.4 is 10.6 Å². The zero-order valence-electron chi connectivity index (χ0n) is 15.4. The second-order valence-electron chi connectivity index (χ2n) is 6.78. The van der Waals surface area contributed by atoms with Gasteiger partial charge in [-0.3, -0.25) is 9.59 Å². The van der Waals surface area contributed by atoms with Crippen LogP contribution >= 0.6 is 11.8 Å². The van der Waals surface area contributed by atoms with E-state index in [2.05, 4.69) is 24.5 Å². The van der Waals surface area contributed by atoms with Crippen LogP contribution in [0.3, 0.4) is 0 Å². The van der Waals surface area contributed by atoms with Crippen molar-refractivity contribution in [1.82, 2.24) is 5.32 Å². The third kappa shape index (κ3) is 6.00. The minimum absolute atomic E-state index is 0.0598. The Kier molecular flexibility index (Phi) is 7.93. The summed E-state index contributed by atoms with van der Waals surface area (Å²) < 4.78 is 5.79. The third-order valence-corrected chi connectivity index (χ3v) is 5.50. The van der Waals surface area contributed by atoms with Crippen LogP contribution in [0.15, 0.2) is 24.3 Å². The number of hydrogen-bond donors (Lipinski definition) is 3. The van der Waals surface area contributed by atoms with Crippen LogP contribution in [0, 0.1) is 0 Å². The highest BCUT2D eigenvalue weighted by Crippen LogP contribution is 2.30. The Hall–Kier alpha value is -1.57. The first-order valence-electron chi connectivity index (χ1n) is 8.97. The molecule has 144 valence electrons. The Labute approximate surface area is 159 Å². The van der Waals surface area contributed by atoms with Gasteiger partial charge in [0.25, 0.3) is 0 Å². The van der Waals surface area contributed by atoms with Crippen LogP contribution in [0.25, 0.3) is 0 Å². The van der Waals surface area contributed by atoms with Crippen molar-refractivity contribution >= 4 is 29.3 Å². The molecule has 0 aliphatic carbocycles. The number of carbonyl (C=O) groups is 2. The molecule has 1 saturated heterocycles. The van der Waals surface area contributed by atoms with Crippen LogP contribution in [0.2, 0.25) is 0 Å². The lowest BCUT2D eigenvalue weighted by molar-refractivity contribution is -0.137. The number of hydrogen-bond acceptors (Lipinski definition) is 5. The molecule has 0 bridgehead atoms. The predicted molar refractivity (Wildman–Crippen MR) is 104 cm³/mol. The number of ether oxygens (including phenoxy) is 1. The van der Waals surface area contributed by atoms with Crippen molar-refractivity contribution in [3.63, 3.8) is 0 Å². The van der Waals surface area contributed by atoms with Crippen LogP contribution in [-0.2, 0) is 14.3 Å². The molecule has 3 N–H and O–H groups in total. The smallest absolute Gasteiger partial charge is 0.313 e. The van der Waals surface area contributed by atoms with E-state index in [1.54, 1.807) is 12.1 Å². The number of aliphatic hydroxyl groups excluding tert-OH is 1. The topological polar surface area (TPSA) is 87.7 Å². The largest absolute Gasteiger partial charge is 0.394 e. The number of amides is 2. The van der Waals surface area contributed by atoms with E-state index in [4.69, 9.17) is 9.84 Å². The van der Waals surface area contributed by atoms with Crippen LogP contribution in [-0.4, -0.2) is 53.8 Å². The van der Waals surface area contributed by atoms with Gasteiger partial charge in [0.1, 0.15) is 0 Å². The molecule has 7 heteroatoms. The van der Waals surface area contributed by atoms with E-state index in [1.165, 1.54) is 5.56 Å². The summed E-state index contributed by atoms with van der Waals surface area (Å²) in [5.41, 5.74) is 1.27. The molecule has 0 unspecified atom stereocenters. The minimum Gasteiger partial charge on any atom is -0.394 e. The summed E-state index contributed by atoms with van der Waals surface area (Å²) in [6.07, 6.45) is 1.58. The van der Waals surface area contributed by atoms with Crippen molar-refractivity contribution in [2.45, 2.75) is 38.2 Å². The van der Waals surface area contributed by atoms with E-state index in [0.29, 0.717) is 11.6 Å². The summed E-state index contributed by atoms with van der Waals surface area (Å²) in [4.78, 5) is 24.3. The molecule has 0 aromatic heterocycles. The SMILES string of the molecule is CC(C)c1ccc(NC(=O)C(=O)NCC2(OCCO)CCSCC2)cc1. The molecule has 1 aromatic carbocycles. The number of carbonyl (C=O) groups excluding carboxylic acids is 2. The minimum atomic E-state index is -0.690. The molecule has 6 nitrogen and oxygen atoms in total. The van der Waals surface area contributed by atoms with Crippen LogP contribution in [0.4, 0.5) is 5.69 Å². The first-order valence-corrected chi connectivity index (χ1v) is 10.1. The summed E-state index contributed by atoms with van der Waals surface area (Å²) >= 11 is 1.84. The van der Waals surface area contributed by atoms with E-state index in [0.717, 1.165) is 24.3 Å². The summed E-state index contributed by atoms with van der Waals surface area (Å²) in [6, 6.07) is 7.47. The molecule has 0 saturated carbocycles. The lowest BCUT2D eigenvalue weighted by atomic mass is 9.96. The number of thioether (sulfide) groups is 1. The molecule has 0 radical (unpaired) electrons. The maximum atomic E-state index is 12.1. The van der Waals surface area contributed by atoms with E-state index in [-0.39, 0.29) is 19.8 Å². The summed E-state index contributed by atoms with van der Waals surface area (Å²) in [5, 5.41) is 14.3. The molecule has 2 rings (SSSR count). The summed E-state index contributed by atoms with van der Waals surface area (Å²) in [7, 11) is 0. The molecule has 1 heterocycles. The second-order valence-corrected chi connectivity index (χ2v) is 8.01. The molecule has 0 spiro atoms. The standard InChI is InChI=1S/C19H28N2O4S/c1-14(2)15-3-5-16(6-4-15)21-18(24)17(23)20-13-19(25-10-9-22)7-11-26-12-8-19/h3-6,14,22H,7-13H2,1-2H3,(H,20,23)(H,21,24). The first-order chi connectivity index (χ1) is 12.5. The normalized spacial score (nSPS) is 16.3. The molecular formula is C19H28N2O4S. The molecule has 1 aromatic rings. The zero-order chi connectivity index (χ0) is 19.0. The molecule has 1 aliphatic rings. The van der Waals surface area contributed by atoms with Crippen molar-refractivity contribution in [2.24, 2.45) is 0 Å². The summed E-state index contributed by atoms with van der Waals surface area (Å²) in [6.45, 7) is 4.63. The first kappa shape index (κ1) is 20.7. The Morgan fingerprint density at radius 1 is 1.19 bits per heavy atom. The maximum Gasteiger partial charge on any atom is 0.313 e. The Morgan fingerprint density at radius 3 is 2.42 bits per heavy atom. The van der Waals surface area contributed by atoms with E-state index in [9.17, 15) is 9.59 Å². The van der Waals surface area contributed by atoms with Crippen LogP contribution in [0.5, 0.6) is 0 Å². The lowest BCUT2D eigenvalue weighted by Crippen LogP contribution is -2.50. The van der Waals surface area contributed by atoms with E-state index < -0.39 is 17.4 Å². The van der Waals surface area contributed by atoms with Gasteiger partial charge in [0.05, 0.1) is 18.8 Å². The molecule has 26 heavy (non-hydrogen) atoms.